The number of nitrogens with one attached hydrogen (secondary N) is 1. The second kappa shape index (κ2) is 5.30. The van der Waals surface area contributed by atoms with Crippen LogP contribution in [0.3, 0.4) is 0 Å². The highest BCUT2D eigenvalue weighted by Crippen LogP contribution is 2.20. The zero-order chi connectivity index (χ0) is 11.4. The fraction of sp³-hybridized carbons (Fsp3) is 0.538. The van der Waals surface area contributed by atoms with Crippen LogP contribution in [0.25, 0.3) is 0 Å². The van der Waals surface area contributed by atoms with E-state index in [4.69, 9.17) is 4.74 Å². The molecule has 1 aliphatic rings. The molecule has 1 aliphatic carbocycles. The van der Waals surface area contributed by atoms with Gasteiger partial charge in [-0.15, -0.1) is 0 Å². The number of rotatable bonds is 6. The summed E-state index contributed by atoms with van der Waals surface area (Å²) in [5.74, 6) is 0.0900. The van der Waals surface area contributed by atoms with Crippen molar-refractivity contribution in [1.29, 1.82) is 0 Å². The molecule has 2 nitrogen and oxygen atoms in total. The number of benzene rings is 1. The molecule has 0 saturated heterocycles. The minimum absolute atomic E-state index is 0.259. The van der Waals surface area contributed by atoms with E-state index < -0.39 is 0 Å². The van der Waals surface area contributed by atoms with E-state index >= 15 is 0 Å². The molecule has 0 bridgehead atoms. The first kappa shape index (κ1) is 11.4. The Kier molecular flexibility index (Phi) is 3.78. The predicted octanol–water partition coefficient (Wildman–Crippen LogP) is 2.52. The van der Waals surface area contributed by atoms with Gasteiger partial charge >= 0.3 is 0 Å². The van der Waals surface area contributed by atoms with Gasteiger partial charge in [0.2, 0.25) is 0 Å². The first-order chi connectivity index (χ1) is 7.79. The number of ether oxygens (including phenoxy) is 1. The molecule has 0 heterocycles. The molecule has 0 aromatic heterocycles. The average Bonchev–Trinajstić information content (AvgIpc) is 3.06. The van der Waals surface area contributed by atoms with Gasteiger partial charge in [0.05, 0.1) is 6.61 Å². The van der Waals surface area contributed by atoms with Crippen molar-refractivity contribution in [2.45, 2.75) is 32.2 Å². The van der Waals surface area contributed by atoms with Crippen molar-refractivity contribution in [3.05, 3.63) is 29.6 Å². The lowest BCUT2D eigenvalue weighted by Gasteiger charge is -2.07. The second-order valence-electron chi connectivity index (χ2n) is 4.18. The van der Waals surface area contributed by atoms with Crippen LogP contribution in [0.15, 0.2) is 18.2 Å². The summed E-state index contributed by atoms with van der Waals surface area (Å²) in [6.07, 6.45) is 3.45. The molecule has 16 heavy (non-hydrogen) atoms. The summed E-state index contributed by atoms with van der Waals surface area (Å²) in [6, 6.07) is 5.93. The highest BCUT2D eigenvalue weighted by atomic mass is 19.1. The SMILES string of the molecule is CCOc1ccc(CCNC2CC2)cc1F. The standard InChI is InChI=1S/C13H18FNO/c1-2-16-13-6-3-10(9-12(13)14)7-8-15-11-4-5-11/h3,6,9,11,15H,2,4-5,7-8H2,1H3. The molecule has 1 saturated carbocycles. The average molecular weight is 223 g/mol. The van der Waals surface area contributed by atoms with Crippen LogP contribution in [0.4, 0.5) is 4.39 Å². The molecule has 1 fully saturated rings. The Bertz CT molecular complexity index is 350. The van der Waals surface area contributed by atoms with E-state index in [0.717, 1.165) is 18.5 Å². The topological polar surface area (TPSA) is 21.3 Å². The molecule has 2 rings (SSSR count). The third-order valence-corrected chi connectivity index (χ3v) is 2.72. The quantitative estimate of drug-likeness (QED) is 0.800. The molecule has 0 spiro atoms. The van der Waals surface area contributed by atoms with Gasteiger partial charge in [-0.1, -0.05) is 6.07 Å². The Morgan fingerprint density at radius 2 is 2.25 bits per heavy atom. The molecule has 0 radical (unpaired) electrons. The molecule has 0 atom stereocenters. The molecule has 88 valence electrons. The molecule has 3 heteroatoms. The molecular formula is C13H18FNO. The van der Waals surface area contributed by atoms with Crippen LogP contribution >= 0.6 is 0 Å². The Morgan fingerprint density at radius 1 is 1.44 bits per heavy atom. The summed E-state index contributed by atoms with van der Waals surface area (Å²) in [5, 5.41) is 3.41. The number of halogens is 1. The molecule has 1 aromatic carbocycles. The first-order valence-electron chi connectivity index (χ1n) is 5.94. The summed E-state index contributed by atoms with van der Waals surface area (Å²) in [5.41, 5.74) is 1.02. The maximum Gasteiger partial charge on any atom is 0.165 e. The van der Waals surface area contributed by atoms with Gasteiger partial charge in [-0.05, 0) is 50.4 Å². The van der Waals surface area contributed by atoms with Crippen molar-refractivity contribution in [2.75, 3.05) is 13.2 Å². The van der Waals surface area contributed by atoms with Gasteiger partial charge in [-0.3, -0.25) is 0 Å². The van der Waals surface area contributed by atoms with Crippen molar-refractivity contribution in [1.82, 2.24) is 5.32 Å². The summed E-state index contributed by atoms with van der Waals surface area (Å²) >= 11 is 0. The van der Waals surface area contributed by atoms with E-state index in [2.05, 4.69) is 5.32 Å². The van der Waals surface area contributed by atoms with Crippen LogP contribution in [-0.2, 0) is 6.42 Å². The molecular weight excluding hydrogens is 205 g/mol. The summed E-state index contributed by atoms with van der Waals surface area (Å²) in [4.78, 5) is 0. The third-order valence-electron chi connectivity index (χ3n) is 2.72. The van der Waals surface area contributed by atoms with Gasteiger partial charge in [0.25, 0.3) is 0 Å². The Balaban J connectivity index is 1.86. The monoisotopic (exact) mass is 223 g/mol. The van der Waals surface area contributed by atoms with E-state index in [0.29, 0.717) is 18.4 Å². The minimum atomic E-state index is -0.259. The predicted molar refractivity (Wildman–Crippen MR) is 62.3 cm³/mol. The van der Waals surface area contributed by atoms with Crippen molar-refractivity contribution in [3.8, 4) is 5.75 Å². The molecule has 0 amide bonds. The number of hydrogen-bond donors (Lipinski definition) is 1. The van der Waals surface area contributed by atoms with Gasteiger partial charge < -0.3 is 10.1 Å². The van der Waals surface area contributed by atoms with Crippen molar-refractivity contribution >= 4 is 0 Å². The van der Waals surface area contributed by atoms with Crippen LogP contribution in [0.1, 0.15) is 25.3 Å². The minimum Gasteiger partial charge on any atom is -0.491 e. The molecule has 1 aromatic rings. The van der Waals surface area contributed by atoms with E-state index in [1.165, 1.54) is 12.8 Å². The first-order valence-corrected chi connectivity index (χ1v) is 5.94. The highest BCUT2D eigenvalue weighted by Gasteiger charge is 2.19. The van der Waals surface area contributed by atoms with E-state index in [9.17, 15) is 4.39 Å². The van der Waals surface area contributed by atoms with Gasteiger partial charge in [0, 0.05) is 6.04 Å². The van der Waals surface area contributed by atoms with Crippen molar-refractivity contribution < 1.29 is 9.13 Å². The van der Waals surface area contributed by atoms with Crippen LogP contribution in [0.5, 0.6) is 5.75 Å². The Morgan fingerprint density at radius 3 is 2.88 bits per heavy atom. The lowest BCUT2D eigenvalue weighted by Crippen LogP contribution is -2.19. The molecule has 0 unspecified atom stereocenters. The van der Waals surface area contributed by atoms with Gasteiger partial charge in [0.15, 0.2) is 11.6 Å². The fourth-order valence-corrected chi connectivity index (χ4v) is 1.68. The lowest BCUT2D eigenvalue weighted by atomic mass is 10.1. The lowest BCUT2D eigenvalue weighted by molar-refractivity contribution is 0.321. The van der Waals surface area contributed by atoms with Gasteiger partial charge in [-0.25, -0.2) is 4.39 Å². The molecule has 0 aliphatic heterocycles. The van der Waals surface area contributed by atoms with Crippen LogP contribution in [-0.4, -0.2) is 19.2 Å². The van der Waals surface area contributed by atoms with Crippen LogP contribution in [0.2, 0.25) is 0 Å². The second-order valence-corrected chi connectivity index (χ2v) is 4.18. The maximum absolute atomic E-state index is 13.5. The van der Waals surface area contributed by atoms with E-state index in [1.807, 2.05) is 13.0 Å². The van der Waals surface area contributed by atoms with Crippen molar-refractivity contribution in [2.24, 2.45) is 0 Å². The van der Waals surface area contributed by atoms with Crippen molar-refractivity contribution in [3.63, 3.8) is 0 Å². The zero-order valence-electron chi connectivity index (χ0n) is 9.63. The summed E-state index contributed by atoms with van der Waals surface area (Å²) in [7, 11) is 0. The van der Waals surface area contributed by atoms with Crippen LogP contribution < -0.4 is 10.1 Å². The van der Waals surface area contributed by atoms with Crippen LogP contribution in [0, 0.1) is 5.82 Å². The maximum atomic E-state index is 13.5. The van der Waals surface area contributed by atoms with E-state index in [1.54, 1.807) is 12.1 Å². The zero-order valence-corrected chi connectivity index (χ0v) is 9.63. The highest BCUT2D eigenvalue weighted by molar-refractivity contribution is 5.29. The third kappa shape index (κ3) is 3.20. The fourth-order valence-electron chi connectivity index (χ4n) is 1.68. The number of hydrogen-bond acceptors (Lipinski definition) is 2. The smallest absolute Gasteiger partial charge is 0.165 e. The largest absolute Gasteiger partial charge is 0.491 e. The normalized spacial score (nSPS) is 15.1. The molecule has 1 N–H and O–H groups in total. The van der Waals surface area contributed by atoms with Gasteiger partial charge in [-0.2, -0.15) is 0 Å². The Labute approximate surface area is 95.8 Å². The Hall–Kier alpha value is -1.09. The van der Waals surface area contributed by atoms with E-state index in [-0.39, 0.29) is 5.82 Å². The summed E-state index contributed by atoms with van der Waals surface area (Å²) in [6.45, 7) is 3.28. The summed E-state index contributed by atoms with van der Waals surface area (Å²) < 4.78 is 18.6. The van der Waals surface area contributed by atoms with Gasteiger partial charge in [0.1, 0.15) is 0 Å².